The van der Waals surface area contributed by atoms with Crippen LogP contribution in [0, 0.1) is 0 Å². The second kappa shape index (κ2) is 5.53. The third-order valence-corrected chi connectivity index (χ3v) is 4.45. The standard InChI is InChI=1S/C16H18N2O4/c1-22-16(21)9-2-7-12-13(8-9)15(20)18(14(12)19)11-5-3-10(17)4-6-11/h2,7-8,10-11H,3-6,17H2,1H3. The lowest BCUT2D eigenvalue weighted by Gasteiger charge is -2.31. The number of ether oxygens (including phenoxy) is 1. The van der Waals surface area contributed by atoms with Gasteiger partial charge < -0.3 is 10.5 Å². The van der Waals surface area contributed by atoms with Crippen molar-refractivity contribution < 1.29 is 19.1 Å². The monoisotopic (exact) mass is 302 g/mol. The van der Waals surface area contributed by atoms with Gasteiger partial charge in [-0.05, 0) is 43.9 Å². The Morgan fingerprint density at radius 1 is 1.14 bits per heavy atom. The number of esters is 1. The van der Waals surface area contributed by atoms with Crippen molar-refractivity contribution in [2.45, 2.75) is 37.8 Å². The van der Waals surface area contributed by atoms with E-state index in [1.54, 1.807) is 0 Å². The fraction of sp³-hybridized carbons (Fsp3) is 0.438. The van der Waals surface area contributed by atoms with Crippen LogP contribution in [-0.2, 0) is 4.74 Å². The van der Waals surface area contributed by atoms with E-state index < -0.39 is 5.97 Å². The molecule has 1 heterocycles. The minimum atomic E-state index is -0.523. The first-order chi connectivity index (χ1) is 10.5. The Morgan fingerprint density at radius 2 is 1.77 bits per heavy atom. The average Bonchev–Trinajstić information content (AvgIpc) is 2.79. The molecule has 1 aromatic carbocycles. The maximum absolute atomic E-state index is 12.6. The van der Waals surface area contributed by atoms with E-state index in [2.05, 4.69) is 4.74 Å². The number of carbonyl (C=O) groups excluding carboxylic acids is 3. The Labute approximate surface area is 128 Å². The van der Waals surface area contributed by atoms with Gasteiger partial charge in [0.2, 0.25) is 0 Å². The summed E-state index contributed by atoms with van der Waals surface area (Å²) in [6.45, 7) is 0. The van der Waals surface area contributed by atoms with Crippen LogP contribution in [0.3, 0.4) is 0 Å². The second-order valence-electron chi connectivity index (χ2n) is 5.80. The Bertz CT molecular complexity index is 648. The molecule has 0 unspecified atom stereocenters. The quantitative estimate of drug-likeness (QED) is 0.657. The largest absolute Gasteiger partial charge is 0.465 e. The molecule has 6 heteroatoms. The zero-order valence-corrected chi connectivity index (χ0v) is 12.4. The highest BCUT2D eigenvalue weighted by molar-refractivity contribution is 6.22. The van der Waals surface area contributed by atoms with Crippen LogP contribution in [-0.4, -0.2) is 41.9 Å². The lowest BCUT2D eigenvalue weighted by molar-refractivity contribution is 0.0542. The smallest absolute Gasteiger partial charge is 0.337 e. The van der Waals surface area contributed by atoms with Crippen molar-refractivity contribution in [3.63, 3.8) is 0 Å². The Balaban J connectivity index is 1.90. The highest BCUT2D eigenvalue weighted by atomic mass is 16.5. The van der Waals surface area contributed by atoms with E-state index >= 15 is 0 Å². The van der Waals surface area contributed by atoms with Crippen LogP contribution < -0.4 is 5.73 Å². The van der Waals surface area contributed by atoms with Gasteiger partial charge in [0.05, 0.1) is 23.8 Å². The number of nitrogens with two attached hydrogens (primary N) is 1. The van der Waals surface area contributed by atoms with Crippen LogP contribution in [0.15, 0.2) is 18.2 Å². The lowest BCUT2D eigenvalue weighted by atomic mass is 9.91. The van der Waals surface area contributed by atoms with Gasteiger partial charge in [0.15, 0.2) is 0 Å². The number of imide groups is 1. The molecule has 0 aromatic heterocycles. The van der Waals surface area contributed by atoms with Gasteiger partial charge in [-0.2, -0.15) is 0 Å². The van der Waals surface area contributed by atoms with E-state index in [1.165, 1.54) is 30.2 Å². The van der Waals surface area contributed by atoms with E-state index in [-0.39, 0.29) is 35.0 Å². The zero-order valence-electron chi connectivity index (χ0n) is 12.4. The molecule has 0 spiro atoms. The molecule has 0 radical (unpaired) electrons. The molecule has 1 saturated carbocycles. The van der Waals surface area contributed by atoms with Gasteiger partial charge in [-0.25, -0.2) is 4.79 Å². The van der Waals surface area contributed by atoms with Gasteiger partial charge in [0.25, 0.3) is 11.8 Å². The predicted octanol–water partition coefficient (Wildman–Crippen LogP) is 1.34. The summed E-state index contributed by atoms with van der Waals surface area (Å²) in [5, 5.41) is 0. The molecular weight excluding hydrogens is 284 g/mol. The number of rotatable bonds is 2. The maximum atomic E-state index is 12.6. The van der Waals surface area contributed by atoms with Crippen molar-refractivity contribution in [1.29, 1.82) is 0 Å². The number of methoxy groups -OCH3 is 1. The van der Waals surface area contributed by atoms with Gasteiger partial charge >= 0.3 is 5.97 Å². The molecule has 2 aliphatic rings. The molecule has 1 fully saturated rings. The molecule has 1 aliphatic heterocycles. The molecule has 3 rings (SSSR count). The van der Waals surface area contributed by atoms with E-state index in [4.69, 9.17) is 5.73 Å². The van der Waals surface area contributed by atoms with Crippen LogP contribution >= 0.6 is 0 Å². The van der Waals surface area contributed by atoms with Crippen molar-refractivity contribution in [3.8, 4) is 0 Å². The molecule has 0 saturated heterocycles. The summed E-state index contributed by atoms with van der Waals surface area (Å²) >= 11 is 0. The highest BCUT2D eigenvalue weighted by Gasteiger charge is 2.41. The fourth-order valence-electron chi connectivity index (χ4n) is 3.20. The fourth-order valence-corrected chi connectivity index (χ4v) is 3.20. The number of nitrogens with zero attached hydrogens (tertiary/aromatic N) is 1. The van der Waals surface area contributed by atoms with Crippen molar-refractivity contribution in [3.05, 3.63) is 34.9 Å². The van der Waals surface area contributed by atoms with Crippen LogP contribution in [0.2, 0.25) is 0 Å². The van der Waals surface area contributed by atoms with Gasteiger partial charge in [-0.1, -0.05) is 0 Å². The minimum absolute atomic E-state index is 0.103. The van der Waals surface area contributed by atoms with Gasteiger partial charge in [0, 0.05) is 12.1 Å². The number of amides is 2. The first kappa shape index (κ1) is 14.7. The zero-order chi connectivity index (χ0) is 15.9. The summed E-state index contributed by atoms with van der Waals surface area (Å²) in [7, 11) is 1.28. The molecule has 6 nitrogen and oxygen atoms in total. The summed E-state index contributed by atoms with van der Waals surface area (Å²) in [6, 6.07) is 4.52. The lowest BCUT2D eigenvalue weighted by Crippen LogP contribution is -2.43. The maximum Gasteiger partial charge on any atom is 0.337 e. The summed E-state index contributed by atoms with van der Waals surface area (Å²) in [4.78, 5) is 38.0. The molecule has 0 atom stereocenters. The SMILES string of the molecule is COC(=O)c1ccc2c(c1)C(=O)N(C1CCC(N)CC1)C2=O. The van der Waals surface area contributed by atoms with Crippen LogP contribution in [0.5, 0.6) is 0 Å². The molecule has 116 valence electrons. The first-order valence-electron chi connectivity index (χ1n) is 7.38. The molecule has 0 bridgehead atoms. The predicted molar refractivity (Wildman–Crippen MR) is 78.5 cm³/mol. The van der Waals surface area contributed by atoms with Crippen LogP contribution in [0.4, 0.5) is 0 Å². The Kier molecular flexibility index (Phi) is 3.70. The van der Waals surface area contributed by atoms with E-state index in [9.17, 15) is 14.4 Å². The summed E-state index contributed by atoms with van der Waals surface area (Å²) in [5.41, 5.74) is 6.79. The van der Waals surface area contributed by atoms with Crippen molar-refractivity contribution >= 4 is 17.8 Å². The molecular formula is C16H18N2O4. The molecule has 1 aromatic rings. The topological polar surface area (TPSA) is 89.7 Å². The van der Waals surface area contributed by atoms with Crippen molar-refractivity contribution in [2.24, 2.45) is 5.73 Å². The van der Waals surface area contributed by atoms with Crippen LogP contribution in [0.1, 0.15) is 56.8 Å². The summed E-state index contributed by atoms with van der Waals surface area (Å²) < 4.78 is 4.65. The van der Waals surface area contributed by atoms with Gasteiger partial charge in [-0.3, -0.25) is 14.5 Å². The van der Waals surface area contributed by atoms with Crippen LogP contribution in [0.25, 0.3) is 0 Å². The molecule has 2 N–H and O–H groups in total. The summed E-state index contributed by atoms with van der Waals surface area (Å²) in [5.74, 6) is -1.13. The second-order valence-corrected chi connectivity index (χ2v) is 5.80. The van der Waals surface area contributed by atoms with Gasteiger partial charge in [0.1, 0.15) is 0 Å². The third kappa shape index (κ3) is 2.29. The number of fused-ring (bicyclic) bond motifs is 1. The van der Waals surface area contributed by atoms with E-state index in [0.717, 1.165) is 25.7 Å². The third-order valence-electron chi connectivity index (χ3n) is 4.45. The average molecular weight is 302 g/mol. The molecule has 1 aliphatic carbocycles. The summed E-state index contributed by atoms with van der Waals surface area (Å²) in [6.07, 6.45) is 3.09. The van der Waals surface area contributed by atoms with Crippen molar-refractivity contribution in [2.75, 3.05) is 7.11 Å². The Hall–Kier alpha value is -2.21. The number of hydrogen-bond donors (Lipinski definition) is 1. The van der Waals surface area contributed by atoms with Crippen molar-refractivity contribution in [1.82, 2.24) is 4.90 Å². The molecule has 22 heavy (non-hydrogen) atoms. The number of benzene rings is 1. The first-order valence-corrected chi connectivity index (χ1v) is 7.38. The van der Waals surface area contributed by atoms with E-state index in [0.29, 0.717) is 5.56 Å². The van der Waals surface area contributed by atoms with E-state index in [1.807, 2.05) is 0 Å². The molecule has 2 amide bonds. The highest BCUT2D eigenvalue weighted by Crippen LogP contribution is 2.31. The van der Waals surface area contributed by atoms with Gasteiger partial charge in [-0.15, -0.1) is 0 Å². The normalized spacial score (nSPS) is 24.4. The Morgan fingerprint density at radius 3 is 2.41 bits per heavy atom. The number of carbonyl (C=O) groups is 3. The minimum Gasteiger partial charge on any atom is -0.465 e. The number of hydrogen-bond acceptors (Lipinski definition) is 5.